The Morgan fingerprint density at radius 1 is 1.19 bits per heavy atom. The molecule has 5 nitrogen and oxygen atoms in total. The lowest BCUT2D eigenvalue weighted by Gasteiger charge is -1.97. The van der Waals surface area contributed by atoms with Crippen LogP contribution in [0, 0.1) is 0 Å². The van der Waals surface area contributed by atoms with Crippen LogP contribution in [-0.4, -0.2) is 20.2 Å². The number of nitrogens with zero attached hydrogens (tertiary/aromatic N) is 3. The fraction of sp³-hybridized carbons (Fsp3) is 0.0714. The van der Waals surface area contributed by atoms with E-state index >= 15 is 0 Å². The molecule has 0 aliphatic rings. The molecular formula is C14H10ClN3O2S. The summed E-state index contributed by atoms with van der Waals surface area (Å²) in [5.41, 5.74) is 0.588. The van der Waals surface area contributed by atoms with Crippen LogP contribution >= 0.6 is 23.4 Å². The van der Waals surface area contributed by atoms with E-state index in [0.717, 1.165) is 4.90 Å². The zero-order chi connectivity index (χ0) is 14.7. The smallest absolute Gasteiger partial charge is 0.259 e. The van der Waals surface area contributed by atoms with Crippen molar-refractivity contribution in [3.63, 3.8) is 0 Å². The Morgan fingerprint density at radius 3 is 2.76 bits per heavy atom. The summed E-state index contributed by atoms with van der Waals surface area (Å²) in [5.74, 6) is 1.55. The second-order valence-corrected chi connectivity index (χ2v) is 5.68. The third kappa shape index (κ3) is 3.53. The maximum absolute atomic E-state index is 9.39. The van der Waals surface area contributed by atoms with Gasteiger partial charge in [0.15, 0.2) is 5.82 Å². The molecular weight excluding hydrogens is 310 g/mol. The number of benzene rings is 1. The molecule has 0 saturated carbocycles. The van der Waals surface area contributed by atoms with Gasteiger partial charge in [0.05, 0.1) is 17.5 Å². The standard InChI is InChI=1S/C14H10ClN3O2S/c15-10-1-3-12(4-2-10)21-8-13-17-14(20-18-13)9-5-11(19)7-16-6-9/h1-7,19H,8H2. The van der Waals surface area contributed by atoms with Gasteiger partial charge in [-0.05, 0) is 30.3 Å². The largest absolute Gasteiger partial charge is 0.506 e. The van der Waals surface area contributed by atoms with E-state index in [2.05, 4.69) is 15.1 Å². The van der Waals surface area contributed by atoms with Crippen molar-refractivity contribution in [3.8, 4) is 17.2 Å². The lowest BCUT2D eigenvalue weighted by molar-refractivity contribution is 0.424. The number of rotatable bonds is 4. The molecule has 1 aromatic carbocycles. The first-order valence-electron chi connectivity index (χ1n) is 6.06. The summed E-state index contributed by atoms with van der Waals surface area (Å²) in [5, 5.41) is 14.0. The highest BCUT2D eigenvalue weighted by molar-refractivity contribution is 7.98. The van der Waals surface area contributed by atoms with Crippen LogP contribution in [0.25, 0.3) is 11.5 Å². The van der Waals surface area contributed by atoms with Gasteiger partial charge in [-0.2, -0.15) is 4.98 Å². The first-order valence-corrected chi connectivity index (χ1v) is 7.42. The maximum atomic E-state index is 9.39. The second kappa shape index (κ2) is 6.15. The van der Waals surface area contributed by atoms with Crippen LogP contribution in [0.15, 0.2) is 52.1 Å². The number of thioether (sulfide) groups is 1. The Kier molecular flexibility index (Phi) is 4.08. The lowest BCUT2D eigenvalue weighted by atomic mass is 10.3. The molecule has 0 aliphatic heterocycles. The summed E-state index contributed by atoms with van der Waals surface area (Å²) in [6, 6.07) is 9.07. The third-order valence-electron chi connectivity index (χ3n) is 2.62. The zero-order valence-corrected chi connectivity index (χ0v) is 12.3. The van der Waals surface area contributed by atoms with Gasteiger partial charge in [-0.1, -0.05) is 16.8 Å². The Labute approximate surface area is 130 Å². The molecule has 3 rings (SSSR count). The van der Waals surface area contributed by atoms with Crippen LogP contribution in [0.4, 0.5) is 0 Å². The lowest BCUT2D eigenvalue weighted by Crippen LogP contribution is -1.84. The molecule has 0 unspecified atom stereocenters. The summed E-state index contributed by atoms with van der Waals surface area (Å²) < 4.78 is 5.17. The van der Waals surface area contributed by atoms with Crippen LogP contribution in [-0.2, 0) is 5.75 Å². The first kappa shape index (κ1) is 13.9. The normalized spacial score (nSPS) is 10.7. The van der Waals surface area contributed by atoms with E-state index in [1.807, 2.05) is 24.3 Å². The van der Waals surface area contributed by atoms with Gasteiger partial charge in [0.25, 0.3) is 5.89 Å². The van der Waals surface area contributed by atoms with Gasteiger partial charge < -0.3 is 9.63 Å². The van der Waals surface area contributed by atoms with Gasteiger partial charge in [0, 0.05) is 16.1 Å². The minimum absolute atomic E-state index is 0.0581. The van der Waals surface area contributed by atoms with Crippen molar-refractivity contribution in [2.24, 2.45) is 0 Å². The van der Waals surface area contributed by atoms with E-state index in [0.29, 0.717) is 28.1 Å². The van der Waals surface area contributed by atoms with Crippen molar-refractivity contribution in [3.05, 3.63) is 53.6 Å². The Morgan fingerprint density at radius 2 is 2.00 bits per heavy atom. The van der Waals surface area contributed by atoms with Gasteiger partial charge in [-0.25, -0.2) is 0 Å². The molecule has 2 aromatic heterocycles. The molecule has 0 spiro atoms. The van der Waals surface area contributed by atoms with E-state index in [9.17, 15) is 5.11 Å². The zero-order valence-electron chi connectivity index (χ0n) is 10.7. The van der Waals surface area contributed by atoms with Crippen LogP contribution in [0.3, 0.4) is 0 Å². The maximum Gasteiger partial charge on any atom is 0.259 e. The van der Waals surface area contributed by atoms with Crippen LogP contribution < -0.4 is 0 Å². The SMILES string of the molecule is Oc1cncc(-c2nc(CSc3ccc(Cl)cc3)no2)c1. The summed E-state index contributed by atoms with van der Waals surface area (Å²) in [4.78, 5) is 9.23. The number of halogens is 1. The van der Waals surface area contributed by atoms with Gasteiger partial charge >= 0.3 is 0 Å². The van der Waals surface area contributed by atoms with Crippen LogP contribution in [0.2, 0.25) is 5.02 Å². The molecule has 0 radical (unpaired) electrons. The van der Waals surface area contributed by atoms with Crippen LogP contribution in [0.5, 0.6) is 5.75 Å². The number of hydrogen-bond donors (Lipinski definition) is 1. The van der Waals surface area contributed by atoms with Crippen molar-refractivity contribution in [1.82, 2.24) is 15.1 Å². The molecule has 2 heterocycles. The quantitative estimate of drug-likeness (QED) is 0.738. The molecule has 0 aliphatic carbocycles. The highest BCUT2D eigenvalue weighted by atomic mass is 35.5. The number of pyridine rings is 1. The van der Waals surface area contributed by atoms with E-state index in [4.69, 9.17) is 16.1 Å². The van der Waals surface area contributed by atoms with Gasteiger partial charge in [0.1, 0.15) is 5.75 Å². The predicted octanol–water partition coefficient (Wildman–Crippen LogP) is 3.78. The molecule has 1 N–H and O–H groups in total. The minimum atomic E-state index is 0.0581. The minimum Gasteiger partial charge on any atom is -0.506 e. The van der Waals surface area contributed by atoms with Crippen molar-refractivity contribution >= 4 is 23.4 Å². The van der Waals surface area contributed by atoms with Crippen molar-refractivity contribution in [2.75, 3.05) is 0 Å². The van der Waals surface area contributed by atoms with Gasteiger partial charge in [-0.15, -0.1) is 11.8 Å². The molecule has 0 atom stereocenters. The van der Waals surface area contributed by atoms with Crippen molar-refractivity contribution in [1.29, 1.82) is 0 Å². The molecule has 0 saturated heterocycles. The summed E-state index contributed by atoms with van der Waals surface area (Å²) in [7, 11) is 0. The molecule has 0 amide bonds. The fourth-order valence-corrected chi connectivity index (χ4v) is 2.52. The Hall–Kier alpha value is -2.05. The number of hydrogen-bond acceptors (Lipinski definition) is 6. The third-order valence-corrected chi connectivity index (χ3v) is 3.88. The molecule has 106 valence electrons. The summed E-state index contributed by atoms with van der Waals surface area (Å²) in [6.07, 6.45) is 2.90. The topological polar surface area (TPSA) is 72.0 Å². The van der Waals surface area contributed by atoms with Gasteiger partial charge in [-0.3, -0.25) is 4.98 Å². The number of aromatic hydroxyl groups is 1. The predicted molar refractivity (Wildman–Crippen MR) is 80.2 cm³/mol. The molecule has 0 bridgehead atoms. The molecule has 7 heteroatoms. The second-order valence-electron chi connectivity index (χ2n) is 4.19. The average molecular weight is 320 g/mol. The number of aromatic nitrogens is 3. The Bertz CT molecular complexity index is 746. The summed E-state index contributed by atoms with van der Waals surface area (Å²) in [6.45, 7) is 0. The highest BCUT2D eigenvalue weighted by Gasteiger charge is 2.10. The molecule has 3 aromatic rings. The van der Waals surface area contributed by atoms with Crippen molar-refractivity contribution in [2.45, 2.75) is 10.6 Å². The Balaban J connectivity index is 1.69. The average Bonchev–Trinajstić information content (AvgIpc) is 2.96. The molecule has 21 heavy (non-hydrogen) atoms. The van der Waals surface area contributed by atoms with Gasteiger partial charge in [0.2, 0.25) is 0 Å². The van der Waals surface area contributed by atoms with E-state index in [1.54, 1.807) is 18.0 Å². The molecule has 0 fully saturated rings. The highest BCUT2D eigenvalue weighted by Crippen LogP contribution is 2.25. The van der Waals surface area contributed by atoms with E-state index < -0.39 is 0 Å². The van der Waals surface area contributed by atoms with Crippen molar-refractivity contribution < 1.29 is 9.63 Å². The summed E-state index contributed by atoms with van der Waals surface area (Å²) >= 11 is 7.42. The van der Waals surface area contributed by atoms with E-state index in [-0.39, 0.29) is 5.75 Å². The monoisotopic (exact) mass is 319 g/mol. The van der Waals surface area contributed by atoms with E-state index in [1.165, 1.54) is 12.3 Å². The van der Waals surface area contributed by atoms with Crippen LogP contribution in [0.1, 0.15) is 5.82 Å². The first-order chi connectivity index (χ1) is 10.2. The fourth-order valence-electron chi connectivity index (χ4n) is 1.65.